The maximum Gasteiger partial charge on any atom is 0.356 e. The molecule has 7 nitrogen and oxygen atoms in total. The predicted molar refractivity (Wildman–Crippen MR) is 75.9 cm³/mol. The van der Waals surface area contributed by atoms with Gasteiger partial charge in [-0.1, -0.05) is 0 Å². The van der Waals surface area contributed by atoms with Crippen LogP contribution in [0.25, 0.3) is 11.4 Å². The molecule has 0 saturated carbocycles. The molecule has 1 aliphatic heterocycles. The number of aromatic nitrogens is 2. The van der Waals surface area contributed by atoms with Gasteiger partial charge >= 0.3 is 11.9 Å². The monoisotopic (exact) mass is 302 g/mol. The third kappa shape index (κ3) is 2.20. The van der Waals surface area contributed by atoms with Gasteiger partial charge in [-0.3, -0.25) is 0 Å². The number of aromatic carboxylic acids is 1. The number of rotatable bonds is 3. The molecule has 1 aromatic carbocycles. The van der Waals surface area contributed by atoms with Crippen molar-refractivity contribution in [2.24, 2.45) is 0 Å². The minimum absolute atomic E-state index is 0.0717. The average Bonchev–Trinajstić information content (AvgIpc) is 2.87. The molecule has 22 heavy (non-hydrogen) atoms. The second-order valence-corrected chi connectivity index (χ2v) is 5.20. The van der Waals surface area contributed by atoms with Crippen LogP contribution in [0.2, 0.25) is 0 Å². The van der Waals surface area contributed by atoms with Crippen molar-refractivity contribution in [2.75, 3.05) is 0 Å². The van der Waals surface area contributed by atoms with Gasteiger partial charge in [0, 0.05) is 5.56 Å². The zero-order chi connectivity index (χ0) is 15.9. The summed E-state index contributed by atoms with van der Waals surface area (Å²) in [7, 11) is 0. The molecule has 114 valence electrons. The summed E-state index contributed by atoms with van der Waals surface area (Å²) >= 11 is 0. The molecule has 7 heteroatoms. The molecule has 1 aromatic heterocycles. The molecule has 2 aromatic rings. The Morgan fingerprint density at radius 3 is 2.45 bits per heavy atom. The fraction of sp³-hybridized carbons (Fsp3) is 0.267. The van der Waals surface area contributed by atoms with E-state index in [-0.39, 0.29) is 11.4 Å². The number of nitrogens with zero attached hydrogens (tertiary/aromatic N) is 2. The molecule has 1 aliphatic rings. The van der Waals surface area contributed by atoms with Gasteiger partial charge in [0.1, 0.15) is 17.6 Å². The van der Waals surface area contributed by atoms with E-state index < -0.39 is 18.0 Å². The van der Waals surface area contributed by atoms with Gasteiger partial charge in [-0.15, -0.1) is 0 Å². The van der Waals surface area contributed by atoms with E-state index >= 15 is 0 Å². The molecule has 0 bridgehead atoms. The van der Waals surface area contributed by atoms with Crippen molar-refractivity contribution in [3.8, 4) is 17.1 Å². The van der Waals surface area contributed by atoms with E-state index in [1.165, 1.54) is 16.7 Å². The van der Waals surface area contributed by atoms with E-state index in [0.717, 1.165) is 0 Å². The number of aromatic hydroxyl groups is 1. The van der Waals surface area contributed by atoms with Crippen molar-refractivity contribution >= 4 is 11.9 Å². The molecule has 3 rings (SSSR count). The van der Waals surface area contributed by atoms with Crippen LogP contribution in [0.3, 0.4) is 0 Å². The van der Waals surface area contributed by atoms with E-state index in [0.29, 0.717) is 36.3 Å². The Morgan fingerprint density at radius 1 is 1.18 bits per heavy atom. The summed E-state index contributed by atoms with van der Waals surface area (Å²) in [6.45, 7) is 0. The average molecular weight is 302 g/mol. The maximum absolute atomic E-state index is 11.5. The maximum atomic E-state index is 11.5. The van der Waals surface area contributed by atoms with Crippen LogP contribution in [0.5, 0.6) is 5.75 Å². The Hall–Kier alpha value is -2.83. The lowest BCUT2D eigenvalue weighted by Crippen LogP contribution is -2.26. The van der Waals surface area contributed by atoms with E-state index in [4.69, 9.17) is 0 Å². The molecule has 0 fully saturated rings. The van der Waals surface area contributed by atoms with Crippen molar-refractivity contribution in [1.29, 1.82) is 0 Å². The number of aliphatic carboxylic acids is 1. The van der Waals surface area contributed by atoms with Crippen LogP contribution in [-0.2, 0) is 11.2 Å². The van der Waals surface area contributed by atoms with Crippen molar-refractivity contribution in [3.63, 3.8) is 0 Å². The first kappa shape index (κ1) is 14.1. The summed E-state index contributed by atoms with van der Waals surface area (Å²) in [5.41, 5.74) is 0.906. The molecule has 3 N–H and O–H groups in total. The number of carbonyl (C=O) groups is 2. The SMILES string of the molecule is O=C(O)c1nc(-c2ccc(O)cc2)n2c1CCCC2C(=O)O. The Bertz CT molecular complexity index is 748. The minimum atomic E-state index is -1.17. The smallest absolute Gasteiger partial charge is 0.356 e. The standard InChI is InChI=1S/C15H14N2O5/c18-9-6-4-8(5-7-9)13-16-12(15(21)22)10-2-1-3-11(14(19)20)17(10)13/h4-7,11,18H,1-3H2,(H,19,20)(H,21,22). The first-order valence-electron chi connectivity index (χ1n) is 6.85. The Labute approximate surface area is 125 Å². The molecular weight excluding hydrogens is 288 g/mol. The molecule has 1 unspecified atom stereocenters. The second kappa shape index (κ2) is 5.18. The van der Waals surface area contributed by atoms with Crippen LogP contribution in [-0.4, -0.2) is 36.8 Å². The zero-order valence-corrected chi connectivity index (χ0v) is 11.6. The van der Waals surface area contributed by atoms with E-state index in [1.807, 2.05) is 0 Å². The molecular formula is C15H14N2O5. The number of carboxylic acid groups (broad SMARTS) is 2. The Balaban J connectivity index is 2.23. The fourth-order valence-electron chi connectivity index (χ4n) is 2.85. The lowest BCUT2D eigenvalue weighted by molar-refractivity contribution is -0.141. The summed E-state index contributed by atoms with van der Waals surface area (Å²) in [4.78, 5) is 27.0. The quantitative estimate of drug-likeness (QED) is 0.798. The predicted octanol–water partition coefficient (Wildman–Crippen LogP) is 1.92. The normalized spacial score (nSPS) is 17.0. The summed E-state index contributed by atoms with van der Waals surface area (Å²) in [6, 6.07) is 5.26. The van der Waals surface area contributed by atoms with Gasteiger partial charge in [0.05, 0.1) is 5.69 Å². The third-order valence-corrected chi connectivity index (χ3v) is 3.83. The van der Waals surface area contributed by atoms with E-state index in [2.05, 4.69) is 4.98 Å². The molecule has 0 radical (unpaired) electrons. The van der Waals surface area contributed by atoms with Gasteiger partial charge in [-0.05, 0) is 43.5 Å². The number of fused-ring (bicyclic) bond motifs is 1. The first-order valence-corrected chi connectivity index (χ1v) is 6.85. The van der Waals surface area contributed by atoms with Crippen molar-refractivity contribution in [1.82, 2.24) is 9.55 Å². The molecule has 0 amide bonds. The van der Waals surface area contributed by atoms with Crippen LogP contribution >= 0.6 is 0 Å². The van der Waals surface area contributed by atoms with Crippen molar-refractivity contribution < 1.29 is 24.9 Å². The van der Waals surface area contributed by atoms with Gasteiger partial charge in [-0.25, -0.2) is 14.6 Å². The molecule has 0 spiro atoms. The van der Waals surface area contributed by atoms with E-state index in [9.17, 15) is 24.9 Å². The van der Waals surface area contributed by atoms with E-state index in [1.54, 1.807) is 12.1 Å². The van der Waals surface area contributed by atoms with Gasteiger partial charge in [0.25, 0.3) is 0 Å². The summed E-state index contributed by atoms with van der Waals surface area (Å²) in [5.74, 6) is -1.79. The lowest BCUT2D eigenvalue weighted by Gasteiger charge is -2.24. The van der Waals surface area contributed by atoms with Gasteiger partial charge in [0.2, 0.25) is 0 Å². The second-order valence-electron chi connectivity index (χ2n) is 5.20. The number of phenolic OH excluding ortho intramolecular Hbond substituents is 1. The highest BCUT2D eigenvalue weighted by Gasteiger charge is 2.33. The summed E-state index contributed by atoms with van der Waals surface area (Å²) in [6.07, 6.45) is 1.53. The van der Waals surface area contributed by atoms with Crippen LogP contribution in [0.15, 0.2) is 24.3 Å². The Kier molecular flexibility index (Phi) is 3.32. The zero-order valence-electron chi connectivity index (χ0n) is 11.6. The number of carboxylic acids is 2. The van der Waals surface area contributed by atoms with Crippen molar-refractivity contribution in [3.05, 3.63) is 35.7 Å². The van der Waals surface area contributed by atoms with Gasteiger partial charge in [-0.2, -0.15) is 0 Å². The molecule has 1 atom stereocenters. The fourth-order valence-corrected chi connectivity index (χ4v) is 2.85. The van der Waals surface area contributed by atoms with Gasteiger partial charge in [0.15, 0.2) is 5.69 Å². The third-order valence-electron chi connectivity index (χ3n) is 3.83. The van der Waals surface area contributed by atoms with Crippen molar-refractivity contribution in [2.45, 2.75) is 25.3 Å². The van der Waals surface area contributed by atoms with Crippen LogP contribution in [0, 0.1) is 0 Å². The number of hydrogen-bond acceptors (Lipinski definition) is 4. The highest BCUT2D eigenvalue weighted by Crippen LogP contribution is 2.34. The number of benzene rings is 1. The van der Waals surface area contributed by atoms with Crippen LogP contribution in [0.4, 0.5) is 0 Å². The van der Waals surface area contributed by atoms with Crippen LogP contribution in [0.1, 0.15) is 35.1 Å². The first-order chi connectivity index (χ1) is 10.5. The topological polar surface area (TPSA) is 113 Å². The highest BCUT2D eigenvalue weighted by molar-refractivity contribution is 5.88. The minimum Gasteiger partial charge on any atom is -0.508 e. The molecule has 0 saturated heterocycles. The van der Waals surface area contributed by atoms with Gasteiger partial charge < -0.3 is 19.9 Å². The number of imidazole rings is 1. The molecule has 0 aliphatic carbocycles. The largest absolute Gasteiger partial charge is 0.508 e. The number of hydrogen-bond donors (Lipinski definition) is 3. The highest BCUT2D eigenvalue weighted by atomic mass is 16.4. The molecule has 2 heterocycles. The van der Waals surface area contributed by atoms with Crippen LogP contribution < -0.4 is 0 Å². The summed E-state index contributed by atoms with van der Waals surface area (Å²) in [5, 5.41) is 28.1. The Morgan fingerprint density at radius 2 is 1.86 bits per heavy atom. The lowest BCUT2D eigenvalue weighted by atomic mass is 10.0. The number of phenols is 1. The summed E-state index contributed by atoms with van der Waals surface area (Å²) < 4.78 is 1.50.